The third-order valence-corrected chi connectivity index (χ3v) is 5.10. The van der Waals surface area contributed by atoms with Crippen LogP contribution in [0.15, 0.2) is 46.8 Å². The number of aliphatic imine (C=N–C) groups is 1. The number of allylic oxidation sites excluding steroid dienone is 1. The maximum atomic E-state index is 11.5. The summed E-state index contributed by atoms with van der Waals surface area (Å²) in [6.07, 6.45) is 7.71. The van der Waals surface area contributed by atoms with Crippen LogP contribution in [0.25, 0.3) is 0 Å². The van der Waals surface area contributed by atoms with Gasteiger partial charge in [-0.25, -0.2) is 13.4 Å². The van der Waals surface area contributed by atoms with E-state index in [1.165, 1.54) is 19.1 Å². The molecule has 8 heteroatoms. The summed E-state index contributed by atoms with van der Waals surface area (Å²) in [6, 6.07) is 6.44. The van der Waals surface area contributed by atoms with Crippen LogP contribution >= 0.6 is 24.0 Å². The van der Waals surface area contributed by atoms with Crippen molar-refractivity contribution in [3.8, 4) is 5.75 Å². The Morgan fingerprint density at radius 3 is 2.50 bits per heavy atom. The van der Waals surface area contributed by atoms with Crippen molar-refractivity contribution in [1.82, 2.24) is 10.2 Å². The predicted molar refractivity (Wildman–Crippen MR) is 128 cm³/mol. The van der Waals surface area contributed by atoms with Gasteiger partial charge in [-0.3, -0.25) is 0 Å². The fraction of sp³-hybridized carbons (Fsp3) is 0.550. The van der Waals surface area contributed by atoms with E-state index in [1.807, 2.05) is 20.0 Å². The Hall–Kier alpha value is -1.29. The zero-order valence-corrected chi connectivity index (χ0v) is 20.3. The average Bonchev–Trinajstić information content (AvgIpc) is 2.63. The maximum absolute atomic E-state index is 11.5. The molecule has 0 aliphatic heterocycles. The van der Waals surface area contributed by atoms with E-state index in [0.29, 0.717) is 18.9 Å². The highest BCUT2D eigenvalue weighted by Crippen LogP contribution is 2.15. The molecule has 6 nitrogen and oxygen atoms in total. The van der Waals surface area contributed by atoms with E-state index in [-0.39, 0.29) is 28.9 Å². The Balaban J connectivity index is 0.00000729. The molecule has 0 radical (unpaired) electrons. The first-order chi connectivity index (χ1) is 12.9. The van der Waals surface area contributed by atoms with Crippen LogP contribution in [0.4, 0.5) is 0 Å². The molecule has 1 rings (SSSR count). The number of sulfone groups is 1. The summed E-state index contributed by atoms with van der Waals surface area (Å²) in [5.41, 5.74) is 0. The minimum atomic E-state index is -3.18. The number of nitrogens with one attached hydrogen (secondary N) is 1. The molecule has 0 atom stereocenters. The van der Waals surface area contributed by atoms with Crippen LogP contribution in [0.3, 0.4) is 0 Å². The minimum Gasteiger partial charge on any atom is -0.492 e. The van der Waals surface area contributed by atoms with Crippen LogP contribution in [-0.2, 0) is 9.84 Å². The minimum absolute atomic E-state index is 0. The van der Waals surface area contributed by atoms with Crippen LogP contribution in [0.2, 0.25) is 0 Å². The first kappa shape index (κ1) is 26.7. The molecule has 0 bridgehead atoms. The molecule has 0 spiro atoms. The van der Waals surface area contributed by atoms with Gasteiger partial charge in [0.25, 0.3) is 0 Å². The first-order valence-corrected chi connectivity index (χ1v) is 11.3. The molecule has 0 aliphatic rings. The molecule has 0 aromatic heterocycles. The van der Waals surface area contributed by atoms with E-state index in [1.54, 1.807) is 24.3 Å². The number of unbranched alkanes of at least 4 members (excludes halogenated alkanes) is 3. The Morgan fingerprint density at radius 1 is 1.25 bits per heavy atom. The molecule has 0 heterocycles. The predicted octanol–water partition coefficient (Wildman–Crippen LogP) is 3.73. The number of rotatable bonds is 12. The molecule has 0 unspecified atom stereocenters. The summed E-state index contributed by atoms with van der Waals surface area (Å²) in [6.45, 7) is 8.52. The second-order valence-electron chi connectivity index (χ2n) is 6.39. The van der Waals surface area contributed by atoms with Gasteiger partial charge >= 0.3 is 0 Å². The fourth-order valence-electron chi connectivity index (χ4n) is 2.49. The first-order valence-electron chi connectivity index (χ1n) is 9.41. The molecule has 0 amide bonds. The van der Waals surface area contributed by atoms with Crippen molar-refractivity contribution in [3.05, 3.63) is 36.9 Å². The summed E-state index contributed by atoms with van der Waals surface area (Å²) in [5, 5.41) is 3.29. The number of halogens is 1. The number of ether oxygens (including phenoxy) is 1. The van der Waals surface area contributed by atoms with Crippen LogP contribution < -0.4 is 10.1 Å². The normalized spacial score (nSPS) is 11.5. The summed E-state index contributed by atoms with van der Waals surface area (Å²) < 4.78 is 28.6. The monoisotopic (exact) mass is 523 g/mol. The highest BCUT2D eigenvalue weighted by molar-refractivity contribution is 14.0. The second-order valence-corrected chi connectivity index (χ2v) is 8.40. The van der Waals surface area contributed by atoms with Crippen molar-refractivity contribution in [1.29, 1.82) is 0 Å². The number of hydrogen-bond acceptors (Lipinski definition) is 4. The van der Waals surface area contributed by atoms with E-state index in [2.05, 4.69) is 21.8 Å². The lowest BCUT2D eigenvalue weighted by Crippen LogP contribution is -2.39. The largest absolute Gasteiger partial charge is 0.492 e. The van der Waals surface area contributed by atoms with Crippen molar-refractivity contribution in [3.63, 3.8) is 0 Å². The summed E-state index contributed by atoms with van der Waals surface area (Å²) >= 11 is 0. The van der Waals surface area contributed by atoms with Gasteiger partial charge in [0, 0.05) is 26.4 Å². The van der Waals surface area contributed by atoms with Crippen molar-refractivity contribution >= 4 is 39.8 Å². The molecule has 0 aliphatic carbocycles. The van der Waals surface area contributed by atoms with Gasteiger partial charge in [-0.15, -0.1) is 30.6 Å². The molecule has 160 valence electrons. The van der Waals surface area contributed by atoms with Gasteiger partial charge in [0.1, 0.15) is 12.4 Å². The zero-order chi connectivity index (χ0) is 20.1. The topological polar surface area (TPSA) is 71.0 Å². The van der Waals surface area contributed by atoms with E-state index in [0.717, 1.165) is 31.9 Å². The number of guanidine groups is 1. The molecule has 1 N–H and O–H groups in total. The molecule has 1 aromatic rings. The Morgan fingerprint density at radius 2 is 1.93 bits per heavy atom. The lowest BCUT2D eigenvalue weighted by Gasteiger charge is -2.22. The fourth-order valence-corrected chi connectivity index (χ4v) is 3.12. The van der Waals surface area contributed by atoms with E-state index >= 15 is 0 Å². The van der Waals surface area contributed by atoms with Crippen molar-refractivity contribution in [2.75, 3.05) is 39.5 Å². The van der Waals surface area contributed by atoms with Crippen LogP contribution in [0, 0.1) is 0 Å². The Bertz CT molecular complexity index is 691. The molecule has 0 fully saturated rings. The van der Waals surface area contributed by atoms with Crippen LogP contribution in [-0.4, -0.2) is 58.8 Å². The van der Waals surface area contributed by atoms with Crippen LogP contribution in [0.1, 0.15) is 32.6 Å². The van der Waals surface area contributed by atoms with Gasteiger partial charge in [0.15, 0.2) is 15.8 Å². The van der Waals surface area contributed by atoms with E-state index in [9.17, 15) is 8.42 Å². The van der Waals surface area contributed by atoms with Crippen molar-refractivity contribution in [2.45, 2.75) is 37.5 Å². The van der Waals surface area contributed by atoms with Gasteiger partial charge < -0.3 is 15.0 Å². The quantitative estimate of drug-likeness (QED) is 0.149. The number of nitrogens with zero attached hydrogens (tertiary/aromatic N) is 2. The van der Waals surface area contributed by atoms with Gasteiger partial charge in [-0.1, -0.05) is 12.5 Å². The van der Waals surface area contributed by atoms with E-state index in [4.69, 9.17) is 4.74 Å². The number of benzene rings is 1. The van der Waals surface area contributed by atoms with Gasteiger partial charge in [0.05, 0.1) is 11.4 Å². The average molecular weight is 523 g/mol. The van der Waals surface area contributed by atoms with Crippen LogP contribution in [0.5, 0.6) is 5.75 Å². The van der Waals surface area contributed by atoms with Gasteiger partial charge in [-0.2, -0.15) is 0 Å². The lowest BCUT2D eigenvalue weighted by molar-refractivity contribution is 0.327. The lowest BCUT2D eigenvalue weighted by atomic mass is 10.2. The van der Waals surface area contributed by atoms with E-state index < -0.39 is 9.84 Å². The molecular formula is C20H34IN3O3S. The maximum Gasteiger partial charge on any atom is 0.193 e. The third-order valence-electron chi connectivity index (χ3n) is 3.97. The SMILES string of the molecule is C=CCCCCCN(C)C(=NCCOc1ccc(S(C)(=O)=O)cc1)NCC.I. The third kappa shape index (κ3) is 10.9. The van der Waals surface area contributed by atoms with Gasteiger partial charge in [-0.05, 0) is 50.5 Å². The van der Waals surface area contributed by atoms with Crippen molar-refractivity contribution in [2.24, 2.45) is 4.99 Å². The Kier molecular flexibility index (Phi) is 14.0. The number of hydrogen-bond donors (Lipinski definition) is 1. The highest BCUT2D eigenvalue weighted by atomic mass is 127. The summed E-state index contributed by atoms with van der Waals surface area (Å²) in [5.74, 6) is 1.51. The van der Waals surface area contributed by atoms with Crippen molar-refractivity contribution < 1.29 is 13.2 Å². The zero-order valence-electron chi connectivity index (χ0n) is 17.2. The Labute approximate surface area is 187 Å². The second kappa shape index (κ2) is 14.7. The molecule has 28 heavy (non-hydrogen) atoms. The molecule has 1 aromatic carbocycles. The summed E-state index contributed by atoms with van der Waals surface area (Å²) in [7, 11) is -1.14. The standard InChI is InChI=1S/C20H33N3O3S.HI/c1-5-7-8-9-10-16-23(3)20(21-6-2)22-15-17-26-18-11-13-19(14-12-18)27(4,24)25;/h5,11-14H,1,6-10,15-17H2,2-4H3,(H,21,22);1H. The molecule has 0 saturated carbocycles. The molecular weight excluding hydrogens is 489 g/mol. The van der Waals surface area contributed by atoms with Gasteiger partial charge in [0.2, 0.25) is 0 Å². The highest BCUT2D eigenvalue weighted by Gasteiger charge is 2.07. The molecule has 0 saturated heterocycles. The smallest absolute Gasteiger partial charge is 0.193 e. The summed E-state index contributed by atoms with van der Waals surface area (Å²) in [4.78, 5) is 7.02.